The molecule has 0 spiro atoms. The highest BCUT2D eigenvalue weighted by Gasteiger charge is 2.24. The second-order valence-corrected chi connectivity index (χ2v) is 6.97. The molecule has 8 heteroatoms. The Labute approximate surface area is 173 Å². The molecule has 0 atom stereocenters. The zero-order chi connectivity index (χ0) is 21.1. The molecule has 0 radical (unpaired) electrons. The summed E-state index contributed by atoms with van der Waals surface area (Å²) in [6, 6.07) is 5.31. The van der Waals surface area contributed by atoms with Gasteiger partial charge in [0.05, 0.1) is 10.6 Å². The van der Waals surface area contributed by atoms with Crippen molar-refractivity contribution in [2.24, 2.45) is 0 Å². The summed E-state index contributed by atoms with van der Waals surface area (Å²) < 4.78 is 29.6. The largest absolute Gasteiger partial charge is 0.507 e. The van der Waals surface area contributed by atoms with Crippen LogP contribution in [-0.4, -0.2) is 53.2 Å². The normalized spacial score (nSPS) is 14.6. The van der Waals surface area contributed by atoms with Crippen LogP contribution in [0.3, 0.4) is 0 Å². The van der Waals surface area contributed by atoms with E-state index in [9.17, 15) is 9.50 Å². The Morgan fingerprint density at radius 3 is 2.38 bits per heavy atom. The molecule has 3 aromatic rings. The van der Waals surface area contributed by atoms with Crippen molar-refractivity contribution in [3.05, 3.63) is 47.2 Å². The Morgan fingerprint density at radius 2 is 1.72 bits per heavy atom. The molecule has 0 saturated carbocycles. The van der Waals surface area contributed by atoms with Crippen molar-refractivity contribution in [3.8, 4) is 16.9 Å². The van der Waals surface area contributed by atoms with Crippen LogP contribution in [0.25, 0.3) is 22.0 Å². The van der Waals surface area contributed by atoms with Crippen molar-refractivity contribution < 1.29 is 13.9 Å². The molecule has 4 rings (SSSR count). The van der Waals surface area contributed by atoms with Gasteiger partial charge in [0, 0.05) is 37.1 Å². The van der Waals surface area contributed by atoms with Crippen LogP contribution in [0, 0.1) is 11.6 Å². The van der Waals surface area contributed by atoms with E-state index >= 15 is 4.39 Å². The lowest BCUT2D eigenvalue weighted by molar-refractivity contribution is 0.312. The molecule has 0 unspecified atom stereocenters. The zero-order valence-electron chi connectivity index (χ0n) is 16.6. The third-order valence-electron chi connectivity index (χ3n) is 4.84. The Bertz CT molecular complexity index is 1000. The first-order chi connectivity index (χ1) is 14.0. The Morgan fingerprint density at radius 1 is 1.03 bits per heavy atom. The van der Waals surface area contributed by atoms with Gasteiger partial charge in [0.15, 0.2) is 5.82 Å². The number of aromatic nitrogens is 2. The van der Waals surface area contributed by atoms with Gasteiger partial charge in [-0.2, -0.15) is 0 Å². The number of benzene rings is 2. The van der Waals surface area contributed by atoms with Crippen LogP contribution in [-0.2, 0) is 0 Å². The van der Waals surface area contributed by atoms with Crippen molar-refractivity contribution in [3.63, 3.8) is 0 Å². The van der Waals surface area contributed by atoms with Crippen LogP contribution < -0.4 is 4.90 Å². The molecule has 5 nitrogen and oxygen atoms in total. The molecule has 0 amide bonds. The summed E-state index contributed by atoms with van der Waals surface area (Å²) in [6.45, 7) is 7.22. The number of fused-ring (bicyclic) bond motifs is 1. The van der Waals surface area contributed by atoms with E-state index in [-0.39, 0.29) is 27.4 Å². The predicted molar refractivity (Wildman–Crippen MR) is 113 cm³/mol. The minimum atomic E-state index is -0.782. The number of hydrogen-bond donors (Lipinski definition) is 1. The lowest BCUT2D eigenvalue weighted by atomic mass is 10.0. The van der Waals surface area contributed by atoms with Crippen LogP contribution in [0.4, 0.5) is 14.6 Å². The number of halogens is 3. The summed E-state index contributed by atoms with van der Waals surface area (Å²) in [5.74, 6) is -1.33. The number of anilines is 1. The maximum atomic E-state index is 15.3. The van der Waals surface area contributed by atoms with Crippen molar-refractivity contribution in [2.45, 2.75) is 13.8 Å². The van der Waals surface area contributed by atoms with E-state index in [1.165, 1.54) is 24.5 Å². The summed E-state index contributed by atoms with van der Waals surface area (Å²) >= 11 is 6.32. The third kappa shape index (κ3) is 3.97. The van der Waals surface area contributed by atoms with E-state index < -0.39 is 11.6 Å². The number of hydrogen-bond acceptors (Lipinski definition) is 5. The van der Waals surface area contributed by atoms with Crippen molar-refractivity contribution in [1.29, 1.82) is 0 Å². The summed E-state index contributed by atoms with van der Waals surface area (Å²) in [5.41, 5.74) is -0.439. The van der Waals surface area contributed by atoms with Crippen molar-refractivity contribution >= 4 is 28.3 Å². The molecule has 1 aromatic heterocycles. The maximum absolute atomic E-state index is 15.3. The predicted octanol–water partition coefficient (Wildman–Crippen LogP) is 4.71. The molecule has 0 aliphatic carbocycles. The number of phenolic OH excluding ortho intramolecular Hbond substituents is 1. The van der Waals surface area contributed by atoms with Gasteiger partial charge in [0.2, 0.25) is 0 Å². The number of piperazine rings is 1. The second-order valence-electron chi connectivity index (χ2n) is 6.57. The smallest absolute Gasteiger partial charge is 0.159 e. The molecule has 154 valence electrons. The third-order valence-corrected chi connectivity index (χ3v) is 5.14. The van der Waals surface area contributed by atoms with E-state index in [0.29, 0.717) is 11.2 Å². The van der Waals surface area contributed by atoms with Gasteiger partial charge in [-0.05, 0) is 25.2 Å². The first kappa shape index (κ1) is 21.2. The fraction of sp³-hybridized carbons (Fsp3) is 0.333. The molecule has 2 heterocycles. The van der Waals surface area contributed by atoms with Crippen LogP contribution >= 0.6 is 11.6 Å². The molecule has 29 heavy (non-hydrogen) atoms. The number of rotatable bonds is 2. The first-order valence-corrected chi connectivity index (χ1v) is 9.89. The highest BCUT2D eigenvalue weighted by atomic mass is 35.5. The second kappa shape index (κ2) is 8.88. The summed E-state index contributed by atoms with van der Waals surface area (Å²) in [4.78, 5) is 12.6. The van der Waals surface area contributed by atoms with Gasteiger partial charge in [0.25, 0.3) is 0 Å². The molecule has 1 aliphatic heterocycles. The number of phenols is 1. The van der Waals surface area contributed by atoms with Crippen molar-refractivity contribution in [2.75, 3.05) is 38.1 Å². The molecule has 1 N–H and O–H groups in total. The molecule has 1 aliphatic rings. The fourth-order valence-corrected chi connectivity index (χ4v) is 3.66. The van der Waals surface area contributed by atoms with Crippen molar-refractivity contribution in [1.82, 2.24) is 14.9 Å². The maximum Gasteiger partial charge on any atom is 0.159 e. The topological polar surface area (TPSA) is 52.5 Å². The van der Waals surface area contributed by atoms with Gasteiger partial charge < -0.3 is 14.9 Å². The summed E-state index contributed by atoms with van der Waals surface area (Å²) in [6.07, 6.45) is 1.29. The minimum absolute atomic E-state index is 0.00872. The number of aromatic hydroxyl groups is 1. The minimum Gasteiger partial charge on any atom is -0.507 e. The van der Waals surface area contributed by atoms with E-state index in [2.05, 4.69) is 19.8 Å². The highest BCUT2D eigenvalue weighted by molar-refractivity contribution is 6.34. The fourth-order valence-electron chi connectivity index (χ4n) is 3.38. The molecular formula is C21H23ClF2N4O. The van der Waals surface area contributed by atoms with E-state index in [4.69, 9.17) is 11.6 Å². The highest BCUT2D eigenvalue weighted by Crippen LogP contribution is 2.41. The van der Waals surface area contributed by atoms with Gasteiger partial charge in [-0.1, -0.05) is 31.5 Å². The quantitative estimate of drug-likeness (QED) is 0.650. The first-order valence-electron chi connectivity index (χ1n) is 9.51. The summed E-state index contributed by atoms with van der Waals surface area (Å²) in [5, 5.41) is 10.5. The van der Waals surface area contributed by atoms with Crippen LogP contribution in [0.5, 0.6) is 5.75 Å². The summed E-state index contributed by atoms with van der Waals surface area (Å²) in [7, 11) is 2.04. The van der Waals surface area contributed by atoms with Gasteiger partial charge in [-0.15, -0.1) is 0 Å². The standard InChI is InChI=1S/C19H17ClF2N4O.C2H6/c1-25-5-7-26(8-6-25)19-11-9-12(20)15(17(22)18(11)23-10-24-19)16-13(21)3-2-4-14(16)27;1-2/h2-4,9-10,27H,5-8H2,1H3;1-2H3. The zero-order valence-corrected chi connectivity index (χ0v) is 17.3. The molecule has 2 aromatic carbocycles. The Kier molecular flexibility index (Phi) is 6.49. The SMILES string of the molecule is CC.CN1CCN(c2ncnc3c(F)c(-c4c(O)cccc4F)c(Cl)cc23)CC1. The van der Waals surface area contributed by atoms with Crippen LogP contribution in [0.1, 0.15) is 13.8 Å². The van der Waals surface area contributed by atoms with Gasteiger partial charge in [-0.25, -0.2) is 18.7 Å². The Balaban J connectivity index is 0.00000117. The molecule has 1 fully saturated rings. The Hall–Kier alpha value is -2.51. The number of likely N-dealkylation sites (N-methyl/N-ethyl adjacent to an activating group) is 1. The average molecular weight is 421 g/mol. The average Bonchev–Trinajstić information content (AvgIpc) is 2.72. The molecular weight excluding hydrogens is 398 g/mol. The van der Waals surface area contributed by atoms with E-state index in [0.717, 1.165) is 32.2 Å². The number of nitrogens with zero attached hydrogens (tertiary/aromatic N) is 4. The van der Waals surface area contributed by atoms with Gasteiger partial charge >= 0.3 is 0 Å². The van der Waals surface area contributed by atoms with E-state index in [1.807, 2.05) is 20.9 Å². The monoisotopic (exact) mass is 420 g/mol. The lowest BCUT2D eigenvalue weighted by Gasteiger charge is -2.33. The van der Waals surface area contributed by atoms with E-state index in [1.54, 1.807) is 0 Å². The lowest BCUT2D eigenvalue weighted by Crippen LogP contribution is -2.44. The van der Waals surface area contributed by atoms with Gasteiger partial charge in [-0.3, -0.25) is 0 Å². The molecule has 1 saturated heterocycles. The molecule has 0 bridgehead atoms. The van der Waals surface area contributed by atoms with Gasteiger partial charge in [0.1, 0.15) is 29.2 Å². The van der Waals surface area contributed by atoms with Crippen LogP contribution in [0.2, 0.25) is 5.02 Å². The van der Waals surface area contributed by atoms with Crippen LogP contribution in [0.15, 0.2) is 30.6 Å².